The molecule has 0 atom stereocenters. The molecule has 64 heavy (non-hydrogen) atoms. The highest BCUT2D eigenvalue weighted by molar-refractivity contribution is 7.13. The van der Waals surface area contributed by atoms with E-state index in [1.165, 1.54) is 45.9 Å². The summed E-state index contributed by atoms with van der Waals surface area (Å²) in [4.78, 5) is 60.5. The molecule has 0 unspecified atom stereocenters. The summed E-state index contributed by atoms with van der Waals surface area (Å²) in [5.41, 5.74) is 4.97. The molecule has 1 fully saturated rings. The van der Waals surface area contributed by atoms with E-state index in [4.69, 9.17) is 0 Å². The van der Waals surface area contributed by atoms with Crippen molar-refractivity contribution in [2.45, 2.75) is 46.7 Å². The van der Waals surface area contributed by atoms with Crippen molar-refractivity contribution in [2.75, 3.05) is 10.2 Å². The lowest BCUT2D eigenvalue weighted by Gasteiger charge is -2.27. The number of nitriles is 2. The summed E-state index contributed by atoms with van der Waals surface area (Å²) in [6.45, 7) is 5.60. The first-order chi connectivity index (χ1) is 31.1. The largest absolute Gasteiger partial charge is 0.350 e. The predicted octanol–water partition coefficient (Wildman–Crippen LogP) is 10.3. The maximum absolute atomic E-state index is 13.7. The molecule has 15 heteroatoms. The van der Waals surface area contributed by atoms with Gasteiger partial charge >= 0.3 is 0 Å². The number of benzene rings is 3. The van der Waals surface area contributed by atoms with Gasteiger partial charge in [0.2, 0.25) is 0 Å². The van der Waals surface area contributed by atoms with Crippen LogP contribution in [0.2, 0.25) is 0 Å². The summed E-state index contributed by atoms with van der Waals surface area (Å²) in [6.07, 6.45) is 3.94. The first-order valence-corrected chi connectivity index (χ1v) is 22.2. The van der Waals surface area contributed by atoms with Gasteiger partial charge in [0.25, 0.3) is 11.1 Å². The van der Waals surface area contributed by atoms with E-state index in [-0.39, 0.29) is 34.1 Å². The fourth-order valence-corrected chi connectivity index (χ4v) is 8.74. The Morgan fingerprint density at radius 2 is 1.31 bits per heavy atom. The minimum absolute atomic E-state index is 0.169. The molecule has 316 valence electrons. The number of nitrogens with zero attached hydrogens (tertiary/aromatic N) is 8. The SMILES string of the molecule is CC(=O)c1c(-c2cccs2)nn(CC2CC2)c(=O)c1Nc1cccc2ncccc12.CCn1nc(-c2cccs2)c(C(C)=O)c(N(c2ccc(C#N)cc2)c2ccc(C#N)cc2)c1=O. The van der Waals surface area contributed by atoms with Crippen molar-refractivity contribution < 1.29 is 9.59 Å². The summed E-state index contributed by atoms with van der Waals surface area (Å²) < 4.78 is 2.86. The molecule has 9 rings (SSSR count). The molecule has 5 heterocycles. The highest BCUT2D eigenvalue weighted by Gasteiger charge is 2.29. The maximum atomic E-state index is 13.7. The Kier molecular flexibility index (Phi) is 12.5. The van der Waals surface area contributed by atoms with Gasteiger partial charge in [0.1, 0.15) is 22.8 Å². The van der Waals surface area contributed by atoms with Crippen LogP contribution in [0.5, 0.6) is 0 Å². The molecule has 1 aliphatic carbocycles. The highest BCUT2D eigenvalue weighted by atomic mass is 32.1. The molecule has 0 bridgehead atoms. The lowest BCUT2D eigenvalue weighted by atomic mass is 10.0. The van der Waals surface area contributed by atoms with Gasteiger partial charge < -0.3 is 10.2 Å². The molecular weight excluding hydrogens is 843 g/mol. The number of thiophene rings is 2. The van der Waals surface area contributed by atoms with E-state index in [9.17, 15) is 29.7 Å². The number of hydrogen-bond donors (Lipinski definition) is 1. The van der Waals surface area contributed by atoms with Crippen molar-refractivity contribution >= 4 is 73.6 Å². The fourth-order valence-electron chi connectivity index (χ4n) is 7.31. The average Bonchev–Trinajstić information content (AvgIpc) is 3.67. The van der Waals surface area contributed by atoms with Gasteiger partial charge in [-0.3, -0.25) is 24.2 Å². The average molecular weight is 882 g/mol. The van der Waals surface area contributed by atoms with E-state index in [2.05, 4.69) is 32.6 Å². The number of Topliss-reactive ketones (excluding diaryl/α,β-unsaturated/α-hetero) is 2. The van der Waals surface area contributed by atoms with Crippen LogP contribution < -0.4 is 21.3 Å². The molecule has 3 aromatic carbocycles. The second kappa shape index (κ2) is 18.6. The normalized spacial score (nSPS) is 11.8. The van der Waals surface area contributed by atoms with Crippen LogP contribution in [-0.2, 0) is 13.1 Å². The number of ketones is 2. The number of aryl methyl sites for hydroxylation is 1. The second-order valence-corrected chi connectivity index (χ2v) is 16.8. The summed E-state index contributed by atoms with van der Waals surface area (Å²) in [7, 11) is 0. The summed E-state index contributed by atoms with van der Waals surface area (Å²) >= 11 is 2.94. The van der Waals surface area contributed by atoms with Crippen LogP contribution in [0, 0.1) is 28.6 Å². The molecule has 1 N–H and O–H groups in total. The number of carbonyl (C=O) groups is 2. The minimum atomic E-state index is -0.415. The number of carbonyl (C=O) groups excluding carboxylic acids is 2. The number of rotatable bonds is 12. The number of anilines is 5. The summed E-state index contributed by atoms with van der Waals surface area (Å²) in [6, 6.07) is 34.8. The van der Waals surface area contributed by atoms with E-state index in [1.54, 1.807) is 59.6 Å². The molecule has 0 spiro atoms. The second-order valence-electron chi connectivity index (χ2n) is 14.9. The number of nitrogens with one attached hydrogen (secondary N) is 1. The standard InChI is InChI=1S/C26H19N5O2S.C23H20N4O2S/c1-3-30-26(33)25(23(17(2)32)24(29-30)22-5-4-14-34-22)31(20-10-6-18(15-27)7-11-20)21-12-8-19(16-28)9-13-21;1-14(28)20-21(19-8-4-12-30-19)26-27(13-15-9-10-15)23(29)22(20)25-18-7-2-6-17-16(18)5-3-11-24-17/h4-14H,3H2,1-2H3;2-8,11-12,15,25H,9-10,13H2,1H3. The van der Waals surface area contributed by atoms with Crippen molar-refractivity contribution in [2.24, 2.45) is 5.92 Å². The summed E-state index contributed by atoms with van der Waals surface area (Å²) in [5, 5.41) is 35.6. The molecular formula is C49H39N9O4S2. The van der Waals surface area contributed by atoms with E-state index < -0.39 is 5.56 Å². The minimum Gasteiger partial charge on any atom is -0.350 e. The van der Waals surface area contributed by atoms with Gasteiger partial charge in [-0.05, 0) is 135 Å². The maximum Gasteiger partial charge on any atom is 0.291 e. The molecule has 0 amide bonds. The predicted molar refractivity (Wildman–Crippen MR) is 251 cm³/mol. The number of hydrogen-bond acceptors (Lipinski definition) is 13. The Morgan fingerprint density at radius 3 is 1.83 bits per heavy atom. The topological polar surface area (TPSA) is 180 Å². The van der Waals surface area contributed by atoms with Crippen LogP contribution in [0.4, 0.5) is 28.4 Å². The molecule has 0 aliphatic heterocycles. The van der Waals surface area contributed by atoms with Crippen LogP contribution in [0.1, 0.15) is 65.5 Å². The van der Waals surface area contributed by atoms with Gasteiger partial charge in [0, 0.05) is 41.7 Å². The third kappa shape index (κ3) is 8.76. The van der Waals surface area contributed by atoms with Crippen molar-refractivity contribution in [1.29, 1.82) is 10.5 Å². The number of fused-ring (bicyclic) bond motifs is 1. The molecule has 1 saturated carbocycles. The van der Waals surface area contributed by atoms with E-state index >= 15 is 0 Å². The molecule has 13 nitrogen and oxygen atoms in total. The lowest BCUT2D eigenvalue weighted by molar-refractivity contribution is 0.101. The number of pyridine rings is 1. The van der Waals surface area contributed by atoms with Gasteiger partial charge in [-0.2, -0.15) is 20.7 Å². The van der Waals surface area contributed by atoms with Crippen LogP contribution >= 0.6 is 22.7 Å². The molecule has 0 radical (unpaired) electrons. The van der Waals surface area contributed by atoms with Crippen LogP contribution in [0.25, 0.3) is 32.0 Å². The van der Waals surface area contributed by atoms with Gasteiger partial charge in [0.15, 0.2) is 11.6 Å². The van der Waals surface area contributed by atoms with E-state index in [0.29, 0.717) is 58.5 Å². The zero-order valence-electron chi connectivity index (χ0n) is 35.0. The lowest BCUT2D eigenvalue weighted by Crippen LogP contribution is -2.31. The monoisotopic (exact) mass is 881 g/mol. The smallest absolute Gasteiger partial charge is 0.291 e. The molecule has 5 aromatic heterocycles. The van der Waals surface area contributed by atoms with E-state index in [0.717, 1.165) is 39.2 Å². The highest BCUT2D eigenvalue weighted by Crippen LogP contribution is 2.39. The van der Waals surface area contributed by atoms with Crippen molar-refractivity contribution in [3.8, 4) is 33.3 Å². The van der Waals surface area contributed by atoms with Gasteiger partial charge in [-0.15, -0.1) is 22.7 Å². The Labute approximate surface area is 375 Å². The Hall–Kier alpha value is -7.85. The molecule has 1 aliphatic rings. The third-order valence-corrected chi connectivity index (χ3v) is 12.3. The Bertz CT molecular complexity index is 3170. The summed E-state index contributed by atoms with van der Waals surface area (Å²) in [5.74, 6) is -0.00912. The van der Waals surface area contributed by atoms with Crippen LogP contribution in [-0.4, -0.2) is 36.1 Å². The van der Waals surface area contributed by atoms with Crippen LogP contribution in [0.15, 0.2) is 130 Å². The van der Waals surface area contributed by atoms with Crippen molar-refractivity contribution in [3.63, 3.8) is 0 Å². The van der Waals surface area contributed by atoms with Crippen molar-refractivity contribution in [1.82, 2.24) is 24.5 Å². The zero-order valence-corrected chi connectivity index (χ0v) is 36.6. The van der Waals surface area contributed by atoms with Gasteiger partial charge in [-0.25, -0.2) is 9.36 Å². The third-order valence-electron chi connectivity index (χ3n) is 10.6. The van der Waals surface area contributed by atoms with Crippen molar-refractivity contribution in [3.05, 3.63) is 163 Å². The first kappa shape index (κ1) is 42.8. The first-order valence-electron chi connectivity index (χ1n) is 20.4. The van der Waals surface area contributed by atoms with E-state index in [1.807, 2.05) is 72.3 Å². The molecule has 8 aromatic rings. The quantitative estimate of drug-likeness (QED) is 0.115. The number of aromatic nitrogens is 5. The van der Waals surface area contributed by atoms with Gasteiger partial charge in [0.05, 0.1) is 49.7 Å². The molecule has 0 saturated heterocycles. The zero-order chi connectivity index (χ0) is 44.9. The van der Waals surface area contributed by atoms with Crippen LogP contribution in [0.3, 0.4) is 0 Å². The Balaban J connectivity index is 0.000000176. The fraction of sp³-hybridized carbons (Fsp3) is 0.163. The van der Waals surface area contributed by atoms with Gasteiger partial charge in [-0.1, -0.05) is 18.2 Å². The Morgan fingerprint density at radius 1 is 0.734 bits per heavy atom.